The van der Waals surface area contributed by atoms with E-state index in [1.165, 1.54) is 17.8 Å². The summed E-state index contributed by atoms with van der Waals surface area (Å²) in [5.74, 6) is 0.474. The maximum absolute atomic E-state index is 11.2. The van der Waals surface area contributed by atoms with Crippen molar-refractivity contribution >= 4 is 50.2 Å². The van der Waals surface area contributed by atoms with Crippen molar-refractivity contribution in [1.82, 2.24) is 0 Å². The van der Waals surface area contributed by atoms with Crippen molar-refractivity contribution in [3.05, 3.63) is 0 Å². The molecule has 88 valence electrons. The third-order valence-electron chi connectivity index (χ3n) is 1.75. The van der Waals surface area contributed by atoms with Gasteiger partial charge in [-0.1, -0.05) is 24.9 Å². The molecule has 0 fully saturated rings. The monoisotopic (exact) mass is 359 g/mol. The molecule has 0 radical (unpaired) electrons. The Morgan fingerprint density at radius 2 is 1.93 bits per heavy atom. The van der Waals surface area contributed by atoms with Gasteiger partial charge in [-0.25, -0.2) is 0 Å². The molecule has 15 heavy (non-hydrogen) atoms. The highest BCUT2D eigenvalue weighted by Crippen LogP contribution is 2.21. The molecule has 1 amide bonds. The highest BCUT2D eigenvalue weighted by atomic mass is 127. The van der Waals surface area contributed by atoms with Gasteiger partial charge in [-0.05, 0) is 12.5 Å². The molecule has 6 heteroatoms. The fourth-order valence-electron chi connectivity index (χ4n) is 0.976. The Bertz CT molecular complexity index is 231. The summed E-state index contributed by atoms with van der Waals surface area (Å²) < 4.78 is 0. The number of rotatable bonds is 7. The lowest BCUT2D eigenvalue weighted by molar-refractivity contribution is -0.120. The molecule has 0 aliphatic carbocycles. The van der Waals surface area contributed by atoms with Gasteiger partial charge in [0.2, 0.25) is 5.91 Å². The second-order valence-electron chi connectivity index (χ2n) is 4.01. The lowest BCUT2D eigenvalue weighted by Crippen LogP contribution is -2.14. The van der Waals surface area contributed by atoms with E-state index in [1.807, 2.05) is 0 Å². The third-order valence-corrected chi connectivity index (χ3v) is 5.93. The van der Waals surface area contributed by atoms with Crippen LogP contribution in [0.3, 0.4) is 0 Å². The molecule has 0 aliphatic rings. The van der Waals surface area contributed by atoms with Crippen molar-refractivity contribution in [2.75, 3.05) is 5.75 Å². The van der Waals surface area contributed by atoms with Gasteiger partial charge in [-0.15, -0.1) is 21.8 Å². The second kappa shape index (κ2) is 7.67. The number of halogens is 1. The molecule has 0 unspecified atom stereocenters. The van der Waals surface area contributed by atoms with E-state index in [2.05, 4.69) is 34.9 Å². The largest absolute Gasteiger partial charge is 0.370 e. The number of nitrogens with two attached hydrogens (primary N) is 1. The van der Waals surface area contributed by atoms with E-state index >= 15 is 0 Å². The fraction of sp³-hybridized carbons (Fsp3) is 0.778. The van der Waals surface area contributed by atoms with Gasteiger partial charge >= 0.3 is 0 Å². The van der Waals surface area contributed by atoms with Crippen LogP contribution in [0.2, 0.25) is 19.1 Å². The molecular formula is C9H18INO2SSi. The van der Waals surface area contributed by atoms with Gasteiger partial charge < -0.3 is 5.73 Å². The van der Waals surface area contributed by atoms with Crippen molar-refractivity contribution in [2.45, 2.75) is 38.4 Å². The average Bonchev–Trinajstić information content (AvgIpc) is 2.07. The predicted octanol–water partition coefficient (Wildman–Crippen LogP) is 2.54. The number of carbonyl (C=O) groups is 2. The maximum Gasteiger partial charge on any atom is 0.217 e. The van der Waals surface area contributed by atoms with Gasteiger partial charge in [0.1, 0.15) is 5.57 Å². The van der Waals surface area contributed by atoms with E-state index in [-0.39, 0.29) is 18.0 Å². The normalized spacial score (nSPS) is 11.4. The molecule has 3 nitrogen and oxygen atoms in total. The lowest BCUT2D eigenvalue weighted by Gasteiger charge is -2.11. The summed E-state index contributed by atoms with van der Waals surface area (Å²) in [6, 6.07) is 1.24. The fourth-order valence-corrected chi connectivity index (χ4v) is 4.16. The topological polar surface area (TPSA) is 60.2 Å². The average molecular weight is 359 g/mol. The number of thioether (sulfide) groups is 1. The summed E-state index contributed by atoms with van der Waals surface area (Å²) in [6.45, 7) is 4.63. The Hall–Kier alpha value is 0.437. The Kier molecular flexibility index (Phi) is 7.89. The summed E-state index contributed by atoms with van der Waals surface area (Å²) in [5, 5.41) is 0.0849. The minimum Gasteiger partial charge on any atom is -0.370 e. The van der Waals surface area contributed by atoms with Crippen LogP contribution in [0.25, 0.3) is 0 Å². The second-order valence-corrected chi connectivity index (χ2v) is 17.9. The van der Waals surface area contributed by atoms with Crippen LogP contribution in [0, 0.1) is 0 Å². The SMILES string of the molecule is C[Si](C)(I)CCCSC(=O)CCC(N)=O. The first-order valence-electron chi connectivity index (χ1n) is 4.94. The Morgan fingerprint density at radius 3 is 2.40 bits per heavy atom. The predicted molar refractivity (Wildman–Crippen MR) is 76.8 cm³/mol. The van der Waals surface area contributed by atoms with Crippen LogP contribution in [-0.4, -0.2) is 22.3 Å². The molecule has 0 aromatic heterocycles. The van der Waals surface area contributed by atoms with Gasteiger partial charge in [-0.3, -0.25) is 9.59 Å². The summed E-state index contributed by atoms with van der Waals surface area (Å²) in [4.78, 5) is 21.7. The van der Waals surface area contributed by atoms with Crippen LogP contribution >= 0.6 is 33.6 Å². The van der Waals surface area contributed by atoms with Gasteiger partial charge in [0.25, 0.3) is 0 Å². The van der Waals surface area contributed by atoms with E-state index in [4.69, 9.17) is 5.73 Å². The number of primary amides is 1. The standard InChI is InChI=1S/C9H18INO2SSi/c1-15(2,10)7-3-6-14-9(13)5-4-8(11)12/h3-7H2,1-2H3,(H2,11,12). The molecule has 0 rings (SSSR count). The zero-order valence-corrected chi connectivity index (χ0v) is 13.2. The van der Waals surface area contributed by atoms with Crippen LogP contribution in [0.5, 0.6) is 0 Å². The van der Waals surface area contributed by atoms with Crippen LogP contribution in [0.4, 0.5) is 0 Å². The number of amides is 1. The van der Waals surface area contributed by atoms with Gasteiger partial charge in [0.15, 0.2) is 5.12 Å². The van der Waals surface area contributed by atoms with Crippen molar-refractivity contribution in [3.63, 3.8) is 0 Å². The molecule has 0 bridgehead atoms. The molecule has 0 spiro atoms. The van der Waals surface area contributed by atoms with Crippen molar-refractivity contribution in [3.8, 4) is 0 Å². The van der Waals surface area contributed by atoms with Crippen LogP contribution < -0.4 is 5.73 Å². The van der Waals surface area contributed by atoms with Gasteiger partial charge in [0, 0.05) is 18.6 Å². The molecule has 0 saturated heterocycles. The van der Waals surface area contributed by atoms with Crippen molar-refractivity contribution in [1.29, 1.82) is 0 Å². The molecule has 0 heterocycles. The van der Waals surface area contributed by atoms with Crippen LogP contribution in [-0.2, 0) is 9.59 Å². The van der Waals surface area contributed by atoms with Crippen molar-refractivity contribution < 1.29 is 9.59 Å². The molecule has 0 atom stereocenters. The molecular weight excluding hydrogens is 341 g/mol. The molecule has 0 aromatic carbocycles. The Labute approximate surface area is 109 Å². The first-order chi connectivity index (χ1) is 6.81. The number of carbonyl (C=O) groups excluding carboxylic acids is 2. The summed E-state index contributed by atoms with van der Waals surface area (Å²) in [6.07, 6.45) is 1.55. The summed E-state index contributed by atoms with van der Waals surface area (Å²) in [7, 11) is 0. The third kappa shape index (κ3) is 12.4. The van der Waals surface area contributed by atoms with E-state index in [0.717, 1.165) is 12.2 Å². The lowest BCUT2D eigenvalue weighted by atomic mass is 10.3. The zero-order valence-electron chi connectivity index (χ0n) is 9.22. The quantitative estimate of drug-likeness (QED) is 0.329. The Morgan fingerprint density at radius 1 is 1.33 bits per heavy atom. The highest BCUT2D eigenvalue weighted by molar-refractivity contribution is 14.1. The minimum absolute atomic E-state index is 0.0849. The van der Waals surface area contributed by atoms with E-state index < -0.39 is 11.5 Å². The molecule has 0 saturated carbocycles. The van der Waals surface area contributed by atoms with Crippen LogP contribution in [0.15, 0.2) is 0 Å². The number of hydrogen-bond donors (Lipinski definition) is 1. The molecule has 0 aromatic rings. The zero-order chi connectivity index (χ0) is 11.9. The summed E-state index contributed by atoms with van der Waals surface area (Å²) >= 11 is 3.87. The van der Waals surface area contributed by atoms with Crippen LogP contribution in [0.1, 0.15) is 19.3 Å². The van der Waals surface area contributed by atoms with E-state index in [9.17, 15) is 9.59 Å². The van der Waals surface area contributed by atoms with Gasteiger partial charge in [0.05, 0.1) is 0 Å². The first kappa shape index (κ1) is 15.4. The molecule has 2 N–H and O–H groups in total. The maximum atomic E-state index is 11.2. The van der Waals surface area contributed by atoms with E-state index in [1.54, 1.807) is 0 Å². The molecule has 0 aliphatic heterocycles. The Balaban J connectivity index is 3.44. The highest BCUT2D eigenvalue weighted by Gasteiger charge is 2.15. The van der Waals surface area contributed by atoms with E-state index in [0.29, 0.717) is 0 Å². The minimum atomic E-state index is -0.994. The smallest absolute Gasteiger partial charge is 0.217 e. The van der Waals surface area contributed by atoms with Crippen molar-refractivity contribution in [2.24, 2.45) is 5.73 Å². The van der Waals surface area contributed by atoms with Gasteiger partial charge in [-0.2, -0.15) is 0 Å². The number of hydrogen-bond acceptors (Lipinski definition) is 3. The summed E-state index contributed by atoms with van der Waals surface area (Å²) in [5.41, 5.74) is 3.96. The first-order valence-corrected chi connectivity index (χ1v) is 12.2.